The van der Waals surface area contributed by atoms with Crippen LogP contribution in [0.25, 0.3) is 20.8 Å². The summed E-state index contributed by atoms with van der Waals surface area (Å²) in [5.74, 6) is -0.231. The molecule has 0 aliphatic heterocycles. The lowest BCUT2D eigenvalue weighted by atomic mass is 10.3. The zero-order chi connectivity index (χ0) is 19.7. The summed E-state index contributed by atoms with van der Waals surface area (Å²) >= 11 is 2.69. The van der Waals surface area contributed by atoms with Gasteiger partial charge >= 0.3 is 0 Å². The number of fused-ring (bicyclic) bond motifs is 1. The smallest absolute Gasteiger partial charge is 0.232 e. The van der Waals surface area contributed by atoms with Gasteiger partial charge in [0.2, 0.25) is 5.91 Å². The Balaban J connectivity index is 1.47. The van der Waals surface area contributed by atoms with Crippen molar-refractivity contribution in [3.05, 3.63) is 53.8 Å². The lowest BCUT2D eigenvalue weighted by Gasteiger charge is -1.98. The molecule has 3 aromatic heterocycles. The number of amides is 1. The molecule has 4 aromatic rings. The number of benzene rings is 1. The van der Waals surface area contributed by atoms with Gasteiger partial charge in [-0.05, 0) is 30.3 Å². The van der Waals surface area contributed by atoms with Gasteiger partial charge in [-0.1, -0.05) is 11.3 Å². The van der Waals surface area contributed by atoms with Crippen LogP contribution in [-0.4, -0.2) is 35.5 Å². The van der Waals surface area contributed by atoms with Crippen LogP contribution in [0, 0.1) is 0 Å². The van der Waals surface area contributed by atoms with Gasteiger partial charge in [0.05, 0.1) is 27.2 Å². The normalized spacial score (nSPS) is 11.6. The molecular formula is C18H14N4O3S3. The van der Waals surface area contributed by atoms with Crippen molar-refractivity contribution in [1.29, 1.82) is 0 Å². The number of nitrogens with zero attached hydrogens (tertiary/aromatic N) is 3. The maximum Gasteiger partial charge on any atom is 0.232 e. The van der Waals surface area contributed by atoms with Crippen LogP contribution >= 0.6 is 22.7 Å². The van der Waals surface area contributed by atoms with E-state index in [0.29, 0.717) is 21.0 Å². The van der Waals surface area contributed by atoms with Crippen molar-refractivity contribution >= 4 is 53.8 Å². The first-order chi connectivity index (χ1) is 13.4. The van der Waals surface area contributed by atoms with E-state index in [9.17, 15) is 13.2 Å². The molecule has 4 rings (SSSR count). The van der Waals surface area contributed by atoms with Crippen molar-refractivity contribution in [2.45, 2.75) is 11.3 Å². The van der Waals surface area contributed by atoms with Crippen LogP contribution in [0.4, 0.5) is 5.13 Å². The lowest BCUT2D eigenvalue weighted by molar-refractivity contribution is -0.115. The Morgan fingerprint density at radius 1 is 1.21 bits per heavy atom. The molecule has 0 saturated heterocycles. The zero-order valence-electron chi connectivity index (χ0n) is 14.6. The van der Waals surface area contributed by atoms with Crippen LogP contribution in [0.2, 0.25) is 0 Å². The zero-order valence-corrected chi connectivity index (χ0v) is 17.1. The van der Waals surface area contributed by atoms with Crippen LogP contribution in [0.5, 0.6) is 0 Å². The van der Waals surface area contributed by atoms with Crippen LogP contribution in [-0.2, 0) is 21.1 Å². The molecule has 0 atom stereocenters. The minimum Gasteiger partial charge on any atom is -0.302 e. The van der Waals surface area contributed by atoms with Crippen LogP contribution in [0.3, 0.4) is 0 Å². The molecule has 1 N–H and O–H groups in total. The fourth-order valence-corrected chi connectivity index (χ4v) is 4.98. The van der Waals surface area contributed by atoms with Crippen LogP contribution < -0.4 is 5.32 Å². The van der Waals surface area contributed by atoms with Crippen molar-refractivity contribution in [2.75, 3.05) is 11.6 Å². The summed E-state index contributed by atoms with van der Waals surface area (Å²) in [4.78, 5) is 25.5. The first kappa shape index (κ1) is 18.7. The Kier molecular flexibility index (Phi) is 4.92. The average Bonchev–Trinajstić information content (AvgIpc) is 3.27. The van der Waals surface area contributed by atoms with E-state index in [4.69, 9.17) is 0 Å². The molecule has 1 aromatic carbocycles. The van der Waals surface area contributed by atoms with Crippen molar-refractivity contribution in [3.8, 4) is 10.6 Å². The lowest BCUT2D eigenvalue weighted by Crippen LogP contribution is -2.14. The van der Waals surface area contributed by atoms with Crippen molar-refractivity contribution in [2.24, 2.45) is 0 Å². The Hall–Kier alpha value is -2.69. The van der Waals surface area contributed by atoms with Gasteiger partial charge in [0, 0.05) is 29.6 Å². The van der Waals surface area contributed by atoms with Crippen molar-refractivity contribution in [3.63, 3.8) is 0 Å². The number of carbonyl (C=O) groups is 1. The second kappa shape index (κ2) is 7.38. The molecule has 10 heteroatoms. The monoisotopic (exact) mass is 430 g/mol. The van der Waals surface area contributed by atoms with E-state index in [1.807, 2.05) is 17.5 Å². The van der Waals surface area contributed by atoms with E-state index in [0.717, 1.165) is 16.8 Å². The Bertz CT molecular complexity index is 1260. The summed E-state index contributed by atoms with van der Waals surface area (Å²) in [5, 5.41) is 5.84. The van der Waals surface area contributed by atoms with Gasteiger partial charge in [-0.25, -0.2) is 18.4 Å². The molecule has 3 heterocycles. The largest absolute Gasteiger partial charge is 0.302 e. The minimum atomic E-state index is -3.29. The van der Waals surface area contributed by atoms with Gasteiger partial charge in [-0.2, -0.15) is 0 Å². The van der Waals surface area contributed by atoms with E-state index < -0.39 is 9.84 Å². The van der Waals surface area contributed by atoms with E-state index in [1.54, 1.807) is 24.5 Å². The fraction of sp³-hybridized carbons (Fsp3) is 0.111. The fourth-order valence-electron chi connectivity index (χ4n) is 2.53. The third-order valence-corrected chi connectivity index (χ3v) is 6.82. The summed E-state index contributed by atoms with van der Waals surface area (Å²) in [5.41, 5.74) is 2.22. The summed E-state index contributed by atoms with van der Waals surface area (Å²) in [6.45, 7) is 0. The molecule has 0 fully saturated rings. The SMILES string of the molecule is CS(=O)(=O)c1ccc2nc(NC(=O)Cc3csc(-c4cccnc4)n3)sc2c1. The molecule has 0 radical (unpaired) electrons. The molecule has 142 valence electrons. The number of sulfone groups is 1. The molecule has 0 spiro atoms. The molecule has 7 nitrogen and oxygen atoms in total. The van der Waals surface area contributed by atoms with Gasteiger partial charge in [0.25, 0.3) is 0 Å². The van der Waals surface area contributed by atoms with Gasteiger partial charge in [-0.3, -0.25) is 9.78 Å². The molecule has 0 unspecified atom stereocenters. The topological polar surface area (TPSA) is 102 Å². The predicted octanol–water partition coefficient (Wildman–Crippen LogP) is 3.40. The van der Waals surface area contributed by atoms with Crippen molar-refractivity contribution < 1.29 is 13.2 Å². The highest BCUT2D eigenvalue weighted by Crippen LogP contribution is 2.28. The van der Waals surface area contributed by atoms with Gasteiger partial charge in [0.15, 0.2) is 15.0 Å². The van der Waals surface area contributed by atoms with E-state index in [2.05, 4.69) is 20.3 Å². The second-order valence-electron chi connectivity index (χ2n) is 6.03. The second-order valence-corrected chi connectivity index (χ2v) is 9.94. The Morgan fingerprint density at radius 2 is 2.07 bits per heavy atom. The Morgan fingerprint density at radius 3 is 2.82 bits per heavy atom. The van der Waals surface area contributed by atoms with Gasteiger partial charge in [0.1, 0.15) is 5.01 Å². The van der Waals surface area contributed by atoms with Crippen molar-refractivity contribution in [1.82, 2.24) is 15.0 Å². The minimum absolute atomic E-state index is 0.126. The van der Waals surface area contributed by atoms with E-state index in [1.165, 1.54) is 28.7 Å². The summed E-state index contributed by atoms with van der Waals surface area (Å²) in [6, 6.07) is 8.47. The summed E-state index contributed by atoms with van der Waals surface area (Å²) < 4.78 is 24.0. The molecule has 0 bridgehead atoms. The highest BCUT2D eigenvalue weighted by Gasteiger charge is 2.14. The number of anilines is 1. The first-order valence-electron chi connectivity index (χ1n) is 8.14. The highest BCUT2D eigenvalue weighted by molar-refractivity contribution is 7.90. The molecular weight excluding hydrogens is 416 g/mol. The Labute approximate surface area is 169 Å². The van der Waals surface area contributed by atoms with E-state index >= 15 is 0 Å². The number of rotatable bonds is 5. The van der Waals surface area contributed by atoms with E-state index in [-0.39, 0.29) is 17.2 Å². The molecule has 1 amide bonds. The van der Waals surface area contributed by atoms with Crippen LogP contribution in [0.1, 0.15) is 5.69 Å². The summed E-state index contributed by atoms with van der Waals surface area (Å²) in [6.07, 6.45) is 4.71. The number of thiazole rings is 2. The molecule has 28 heavy (non-hydrogen) atoms. The standard InChI is InChI=1S/C18H14N4O3S3/c1-28(24,25)13-4-5-14-15(8-13)27-18(21-14)22-16(23)7-12-10-26-17(20-12)11-3-2-6-19-9-11/h2-6,8-10H,7H2,1H3,(H,21,22,23). The number of hydrogen-bond donors (Lipinski definition) is 1. The number of nitrogens with one attached hydrogen (secondary N) is 1. The molecule has 0 aliphatic carbocycles. The number of hydrogen-bond acceptors (Lipinski definition) is 8. The number of carbonyl (C=O) groups excluding carboxylic acids is 1. The third-order valence-electron chi connectivity index (χ3n) is 3.84. The number of pyridine rings is 1. The first-order valence-corrected chi connectivity index (χ1v) is 11.7. The maximum atomic E-state index is 12.3. The quantitative estimate of drug-likeness (QED) is 0.521. The highest BCUT2D eigenvalue weighted by atomic mass is 32.2. The third kappa shape index (κ3) is 4.08. The van der Waals surface area contributed by atoms with Gasteiger partial charge < -0.3 is 5.32 Å². The average molecular weight is 431 g/mol. The molecule has 0 aliphatic rings. The number of aromatic nitrogens is 3. The predicted molar refractivity (Wildman–Crippen MR) is 110 cm³/mol. The summed E-state index contributed by atoms with van der Waals surface area (Å²) in [7, 11) is -3.29. The maximum absolute atomic E-state index is 12.3. The van der Waals surface area contributed by atoms with Crippen LogP contribution in [0.15, 0.2) is 53.0 Å². The molecule has 0 saturated carbocycles. The van der Waals surface area contributed by atoms with Gasteiger partial charge in [-0.15, -0.1) is 11.3 Å².